The van der Waals surface area contributed by atoms with Gasteiger partial charge in [0.25, 0.3) is 0 Å². The molecule has 1 aromatic heterocycles. The first-order valence-electron chi connectivity index (χ1n) is 5.81. The van der Waals surface area contributed by atoms with Crippen LogP contribution in [0.15, 0.2) is 0 Å². The summed E-state index contributed by atoms with van der Waals surface area (Å²) in [5.41, 5.74) is 2.31. The molecular weight excluding hydrogens is 250 g/mol. The Bertz CT molecular complexity index is 438. The van der Waals surface area contributed by atoms with Crippen molar-refractivity contribution < 1.29 is 9.53 Å². The van der Waals surface area contributed by atoms with E-state index >= 15 is 0 Å². The Morgan fingerprint density at radius 3 is 2.53 bits per heavy atom. The van der Waals surface area contributed by atoms with Crippen LogP contribution in [0.3, 0.4) is 0 Å². The molecule has 0 spiro atoms. The van der Waals surface area contributed by atoms with Gasteiger partial charge in [-0.2, -0.15) is 15.0 Å². The second-order valence-electron chi connectivity index (χ2n) is 3.94. The number of nitrogens with one attached hydrogen (secondary N) is 2. The number of amides is 1. The quantitative estimate of drug-likeness (QED) is 0.465. The Hall–Kier alpha value is -2.16. The third-order valence-corrected chi connectivity index (χ3v) is 2.17. The Morgan fingerprint density at radius 1 is 1.37 bits per heavy atom. The van der Waals surface area contributed by atoms with Crippen molar-refractivity contribution in [3.63, 3.8) is 0 Å². The number of nitrogens with zero attached hydrogens (tertiary/aromatic N) is 4. The summed E-state index contributed by atoms with van der Waals surface area (Å²) in [5.74, 6) is 5.54. The number of carbonyl (C=O) groups excluding carboxylic acids is 1. The third kappa shape index (κ3) is 4.21. The zero-order valence-electron chi connectivity index (χ0n) is 11.5. The van der Waals surface area contributed by atoms with E-state index in [0.717, 1.165) is 0 Å². The van der Waals surface area contributed by atoms with Crippen LogP contribution in [-0.2, 0) is 4.79 Å². The molecule has 0 aliphatic heterocycles. The number of hydrogen-bond donors (Lipinski definition) is 3. The number of likely N-dealkylation sites (N-methyl/N-ethyl adjacent to an activating group) is 1. The van der Waals surface area contributed by atoms with Gasteiger partial charge in [0.05, 0.1) is 6.61 Å². The number of hydrazine groups is 1. The van der Waals surface area contributed by atoms with Gasteiger partial charge in [-0.05, 0) is 13.8 Å². The zero-order valence-corrected chi connectivity index (χ0v) is 11.5. The van der Waals surface area contributed by atoms with E-state index in [1.54, 1.807) is 21.0 Å². The maximum Gasteiger partial charge on any atom is 0.323 e. The van der Waals surface area contributed by atoms with Crippen molar-refractivity contribution in [1.82, 2.24) is 19.9 Å². The summed E-state index contributed by atoms with van der Waals surface area (Å²) in [6.07, 6.45) is 0. The molecule has 9 nitrogen and oxygen atoms in total. The lowest BCUT2D eigenvalue weighted by molar-refractivity contribution is -0.129. The number of hydrogen-bond acceptors (Lipinski definition) is 8. The standard InChI is InChI=1S/C10H19N7O2/c1-5-19-10-14-8(13-9(15-10)16-11)12-6(2)7(18)17(3)4/h6H,5,11H2,1-4H3,(H2,12,13,14,15,16). The predicted octanol–water partition coefficient (Wildman–Crippen LogP) is -0.555. The fourth-order valence-electron chi connectivity index (χ4n) is 1.32. The number of anilines is 2. The Kier molecular flexibility index (Phi) is 5.24. The minimum atomic E-state index is -0.475. The fourth-order valence-corrected chi connectivity index (χ4v) is 1.32. The lowest BCUT2D eigenvalue weighted by atomic mass is 10.3. The molecule has 1 heterocycles. The second-order valence-corrected chi connectivity index (χ2v) is 3.94. The number of rotatable bonds is 6. The van der Waals surface area contributed by atoms with Gasteiger partial charge in [-0.1, -0.05) is 0 Å². The average molecular weight is 269 g/mol. The van der Waals surface area contributed by atoms with E-state index < -0.39 is 6.04 Å². The van der Waals surface area contributed by atoms with Gasteiger partial charge >= 0.3 is 6.01 Å². The molecule has 0 bridgehead atoms. The third-order valence-electron chi connectivity index (χ3n) is 2.17. The van der Waals surface area contributed by atoms with Crippen LogP contribution in [-0.4, -0.2) is 52.5 Å². The lowest BCUT2D eigenvalue weighted by Gasteiger charge is -2.18. The number of nitrogen functional groups attached to an aromatic ring is 1. The monoisotopic (exact) mass is 269 g/mol. The fraction of sp³-hybridized carbons (Fsp3) is 0.600. The molecule has 1 amide bonds. The predicted molar refractivity (Wildman–Crippen MR) is 70.6 cm³/mol. The number of ether oxygens (including phenoxy) is 1. The van der Waals surface area contributed by atoms with Crippen molar-refractivity contribution in [3.05, 3.63) is 0 Å². The van der Waals surface area contributed by atoms with E-state index in [1.807, 2.05) is 6.92 Å². The second kappa shape index (κ2) is 6.69. The van der Waals surface area contributed by atoms with Crippen molar-refractivity contribution >= 4 is 17.8 Å². The van der Waals surface area contributed by atoms with Crippen LogP contribution in [0, 0.1) is 0 Å². The van der Waals surface area contributed by atoms with E-state index in [1.165, 1.54) is 4.90 Å². The molecule has 1 unspecified atom stereocenters. The molecule has 0 radical (unpaired) electrons. The van der Waals surface area contributed by atoms with Crippen molar-refractivity contribution in [3.8, 4) is 6.01 Å². The SMILES string of the molecule is CCOc1nc(NN)nc(NC(C)C(=O)N(C)C)n1. The lowest BCUT2D eigenvalue weighted by Crippen LogP contribution is -2.37. The maximum absolute atomic E-state index is 11.7. The van der Waals surface area contributed by atoms with Crippen LogP contribution in [0.4, 0.5) is 11.9 Å². The van der Waals surface area contributed by atoms with E-state index in [2.05, 4.69) is 25.7 Å². The molecular formula is C10H19N7O2. The average Bonchev–Trinajstić information content (AvgIpc) is 2.37. The number of aromatic nitrogens is 3. The molecule has 9 heteroatoms. The minimum absolute atomic E-state index is 0.0966. The van der Waals surface area contributed by atoms with Crippen molar-refractivity contribution in [2.75, 3.05) is 31.4 Å². The van der Waals surface area contributed by atoms with Gasteiger partial charge in [-0.15, -0.1) is 0 Å². The Balaban J connectivity index is 2.87. The summed E-state index contributed by atoms with van der Waals surface area (Å²) in [6.45, 7) is 3.94. The molecule has 1 atom stereocenters. The molecule has 0 aromatic carbocycles. The highest BCUT2D eigenvalue weighted by Gasteiger charge is 2.16. The Labute approximate surface area is 111 Å². The molecule has 0 fully saturated rings. The highest BCUT2D eigenvalue weighted by atomic mass is 16.5. The molecule has 106 valence electrons. The van der Waals surface area contributed by atoms with Crippen LogP contribution in [0.2, 0.25) is 0 Å². The number of carbonyl (C=O) groups is 1. The maximum atomic E-state index is 11.7. The smallest absolute Gasteiger partial charge is 0.323 e. The highest BCUT2D eigenvalue weighted by molar-refractivity contribution is 5.83. The van der Waals surface area contributed by atoms with E-state index in [9.17, 15) is 4.79 Å². The van der Waals surface area contributed by atoms with Gasteiger partial charge in [0.1, 0.15) is 6.04 Å². The molecule has 0 aliphatic rings. The van der Waals surface area contributed by atoms with Crippen LogP contribution >= 0.6 is 0 Å². The van der Waals surface area contributed by atoms with Crippen molar-refractivity contribution in [2.45, 2.75) is 19.9 Å². The molecule has 0 aliphatic carbocycles. The summed E-state index contributed by atoms with van der Waals surface area (Å²) >= 11 is 0. The largest absolute Gasteiger partial charge is 0.464 e. The van der Waals surface area contributed by atoms with Gasteiger partial charge in [0.2, 0.25) is 17.8 Å². The normalized spacial score (nSPS) is 11.6. The molecule has 1 aromatic rings. The van der Waals surface area contributed by atoms with Crippen LogP contribution in [0.5, 0.6) is 6.01 Å². The Morgan fingerprint density at radius 2 is 2.00 bits per heavy atom. The summed E-state index contributed by atoms with van der Waals surface area (Å²) in [7, 11) is 3.35. The topological polar surface area (TPSA) is 118 Å². The van der Waals surface area contributed by atoms with Crippen LogP contribution in [0.1, 0.15) is 13.8 Å². The first-order chi connectivity index (χ1) is 8.97. The first-order valence-corrected chi connectivity index (χ1v) is 5.81. The van der Waals surface area contributed by atoms with Gasteiger partial charge in [0, 0.05) is 14.1 Å². The summed E-state index contributed by atoms with van der Waals surface area (Å²) < 4.78 is 5.19. The highest BCUT2D eigenvalue weighted by Crippen LogP contribution is 2.11. The minimum Gasteiger partial charge on any atom is -0.464 e. The summed E-state index contributed by atoms with van der Waals surface area (Å²) in [5, 5.41) is 2.87. The van der Waals surface area contributed by atoms with Gasteiger partial charge in [0.15, 0.2) is 0 Å². The van der Waals surface area contributed by atoms with Crippen molar-refractivity contribution in [1.29, 1.82) is 0 Å². The molecule has 19 heavy (non-hydrogen) atoms. The van der Waals surface area contributed by atoms with Crippen LogP contribution in [0.25, 0.3) is 0 Å². The number of nitrogens with two attached hydrogens (primary N) is 1. The van der Waals surface area contributed by atoms with Crippen molar-refractivity contribution in [2.24, 2.45) is 5.84 Å². The summed E-state index contributed by atoms with van der Waals surface area (Å²) in [6, 6.07) is -0.338. The van der Waals surface area contributed by atoms with Gasteiger partial charge in [-0.25, -0.2) is 5.84 Å². The molecule has 1 rings (SSSR count). The van der Waals surface area contributed by atoms with E-state index in [-0.39, 0.29) is 23.8 Å². The zero-order chi connectivity index (χ0) is 14.4. The molecule has 4 N–H and O–H groups in total. The van der Waals surface area contributed by atoms with Gasteiger partial charge < -0.3 is 15.0 Å². The van der Waals surface area contributed by atoms with E-state index in [4.69, 9.17) is 10.6 Å². The van der Waals surface area contributed by atoms with Gasteiger partial charge in [-0.3, -0.25) is 10.2 Å². The summed E-state index contributed by atoms with van der Waals surface area (Å²) in [4.78, 5) is 25.1. The molecule has 0 saturated heterocycles. The van der Waals surface area contributed by atoms with E-state index in [0.29, 0.717) is 6.61 Å². The molecule has 0 saturated carbocycles. The van der Waals surface area contributed by atoms with Crippen LogP contribution < -0.4 is 21.3 Å². The first kappa shape index (κ1) is 14.9.